The Morgan fingerprint density at radius 2 is 1.90 bits per heavy atom. The number of rotatable bonds is 3. The Morgan fingerprint density at radius 3 is 2.62 bits per heavy atom. The summed E-state index contributed by atoms with van der Waals surface area (Å²) < 4.78 is 13.9. The molecule has 1 aliphatic rings. The number of primary amides is 1. The van der Waals surface area contributed by atoms with Gasteiger partial charge in [0.2, 0.25) is 5.91 Å². The van der Waals surface area contributed by atoms with E-state index in [1.807, 2.05) is 24.3 Å². The van der Waals surface area contributed by atoms with E-state index in [1.165, 1.54) is 18.2 Å². The molecule has 0 radical (unpaired) electrons. The van der Waals surface area contributed by atoms with Crippen molar-refractivity contribution >= 4 is 11.6 Å². The quantitative estimate of drug-likeness (QED) is 0.810. The molecule has 0 heterocycles. The second-order valence-electron chi connectivity index (χ2n) is 5.23. The normalized spacial score (nSPS) is 20.1. The maximum Gasteiger partial charge on any atom is 0.248 e. The number of carbonyl (C=O) groups is 1. The van der Waals surface area contributed by atoms with Gasteiger partial charge in [-0.1, -0.05) is 24.3 Å². The Morgan fingerprint density at radius 1 is 1.19 bits per heavy atom. The van der Waals surface area contributed by atoms with E-state index in [9.17, 15) is 9.18 Å². The van der Waals surface area contributed by atoms with E-state index >= 15 is 0 Å². The van der Waals surface area contributed by atoms with Crippen LogP contribution in [-0.4, -0.2) is 5.91 Å². The Bertz CT molecular complexity index is 702. The van der Waals surface area contributed by atoms with Crippen LogP contribution in [0.4, 0.5) is 10.1 Å². The van der Waals surface area contributed by atoms with Gasteiger partial charge in [-0.2, -0.15) is 0 Å². The van der Waals surface area contributed by atoms with Gasteiger partial charge in [-0.05, 0) is 35.7 Å². The first-order valence-corrected chi connectivity index (χ1v) is 6.76. The summed E-state index contributed by atoms with van der Waals surface area (Å²) in [5.41, 5.74) is 14.0. The van der Waals surface area contributed by atoms with Gasteiger partial charge >= 0.3 is 0 Å². The number of hydrogen-bond donors (Lipinski definition) is 3. The molecule has 2 atom stereocenters. The molecule has 1 amide bonds. The first-order valence-electron chi connectivity index (χ1n) is 6.76. The average Bonchev–Trinajstić information content (AvgIpc) is 2.78. The van der Waals surface area contributed by atoms with Crippen molar-refractivity contribution in [3.63, 3.8) is 0 Å². The van der Waals surface area contributed by atoms with Crippen LogP contribution in [0.2, 0.25) is 0 Å². The number of halogens is 1. The Labute approximate surface area is 121 Å². The Hall–Kier alpha value is -2.40. The summed E-state index contributed by atoms with van der Waals surface area (Å²) in [6.07, 6.45) is 0.680. The number of benzene rings is 2. The summed E-state index contributed by atoms with van der Waals surface area (Å²) in [6, 6.07) is 11.7. The number of nitrogens with two attached hydrogens (primary N) is 2. The molecule has 0 aromatic heterocycles. The average molecular weight is 285 g/mol. The molecule has 5 N–H and O–H groups in total. The standard InChI is InChI=1S/C16H16FN3O/c17-12-6-5-9(16(19)21)7-15(12)20-14-8-13(18)10-3-1-2-4-11(10)14/h1-7,13-14,20H,8,18H2,(H2,19,21). The highest BCUT2D eigenvalue weighted by Gasteiger charge is 2.28. The zero-order chi connectivity index (χ0) is 15.0. The molecule has 0 fully saturated rings. The van der Waals surface area contributed by atoms with Gasteiger partial charge in [-0.3, -0.25) is 4.79 Å². The largest absolute Gasteiger partial charge is 0.376 e. The summed E-state index contributed by atoms with van der Waals surface area (Å²) in [7, 11) is 0. The third-order valence-corrected chi connectivity index (χ3v) is 3.84. The van der Waals surface area contributed by atoms with Crippen LogP contribution >= 0.6 is 0 Å². The zero-order valence-corrected chi connectivity index (χ0v) is 11.3. The van der Waals surface area contributed by atoms with Crippen molar-refractivity contribution in [2.45, 2.75) is 18.5 Å². The minimum atomic E-state index is -0.582. The molecular weight excluding hydrogens is 269 g/mol. The molecule has 2 aromatic rings. The molecule has 5 heteroatoms. The third kappa shape index (κ3) is 2.48. The molecule has 4 nitrogen and oxygen atoms in total. The summed E-state index contributed by atoms with van der Waals surface area (Å²) in [6.45, 7) is 0. The van der Waals surface area contributed by atoms with E-state index in [0.29, 0.717) is 6.42 Å². The lowest BCUT2D eigenvalue weighted by molar-refractivity contribution is 0.100. The van der Waals surface area contributed by atoms with Crippen LogP contribution in [0.3, 0.4) is 0 Å². The second-order valence-corrected chi connectivity index (χ2v) is 5.23. The summed E-state index contributed by atoms with van der Waals surface area (Å²) in [4.78, 5) is 11.2. The molecule has 1 aliphatic carbocycles. The van der Waals surface area contributed by atoms with Gasteiger partial charge in [0.25, 0.3) is 0 Å². The SMILES string of the molecule is NC(=O)c1ccc(F)c(NC2CC(N)c3ccccc32)c1. The molecule has 0 aliphatic heterocycles. The molecule has 21 heavy (non-hydrogen) atoms. The fourth-order valence-corrected chi connectivity index (χ4v) is 2.79. The van der Waals surface area contributed by atoms with Crippen LogP contribution in [0.15, 0.2) is 42.5 Å². The van der Waals surface area contributed by atoms with Crippen LogP contribution in [0.1, 0.15) is 40.0 Å². The van der Waals surface area contributed by atoms with Crippen molar-refractivity contribution in [2.24, 2.45) is 11.5 Å². The van der Waals surface area contributed by atoms with Crippen molar-refractivity contribution in [1.29, 1.82) is 0 Å². The molecule has 3 rings (SSSR count). The van der Waals surface area contributed by atoms with Gasteiger partial charge in [0.1, 0.15) is 5.82 Å². The number of nitrogens with one attached hydrogen (secondary N) is 1. The van der Waals surface area contributed by atoms with Gasteiger partial charge in [0, 0.05) is 11.6 Å². The number of amides is 1. The fourth-order valence-electron chi connectivity index (χ4n) is 2.79. The van der Waals surface area contributed by atoms with E-state index in [0.717, 1.165) is 11.1 Å². The second kappa shape index (κ2) is 5.18. The first-order chi connectivity index (χ1) is 10.1. The maximum absolute atomic E-state index is 13.9. The van der Waals surface area contributed by atoms with E-state index < -0.39 is 11.7 Å². The highest BCUT2D eigenvalue weighted by Crippen LogP contribution is 2.39. The summed E-state index contributed by atoms with van der Waals surface area (Å²) in [5, 5.41) is 3.13. The molecule has 0 bridgehead atoms. The lowest BCUT2D eigenvalue weighted by Crippen LogP contribution is -2.14. The number of hydrogen-bond acceptors (Lipinski definition) is 3. The first kappa shape index (κ1) is 13.6. The number of anilines is 1. The Kier molecular flexibility index (Phi) is 3.35. The van der Waals surface area contributed by atoms with Gasteiger partial charge in [0.15, 0.2) is 0 Å². The van der Waals surface area contributed by atoms with Gasteiger partial charge < -0.3 is 16.8 Å². The van der Waals surface area contributed by atoms with E-state index in [2.05, 4.69) is 5.32 Å². The maximum atomic E-state index is 13.9. The van der Waals surface area contributed by atoms with E-state index in [4.69, 9.17) is 11.5 Å². The minimum absolute atomic E-state index is 0.0684. The topological polar surface area (TPSA) is 81.1 Å². The van der Waals surface area contributed by atoms with E-state index in [-0.39, 0.29) is 23.3 Å². The van der Waals surface area contributed by atoms with Crippen LogP contribution in [0.5, 0.6) is 0 Å². The number of carbonyl (C=O) groups excluding carboxylic acids is 1. The van der Waals surface area contributed by atoms with Crippen molar-refractivity contribution in [3.8, 4) is 0 Å². The summed E-state index contributed by atoms with van der Waals surface area (Å²) >= 11 is 0. The molecule has 2 unspecified atom stereocenters. The monoisotopic (exact) mass is 285 g/mol. The molecule has 0 spiro atoms. The molecule has 2 aromatic carbocycles. The van der Waals surface area contributed by atoms with E-state index in [1.54, 1.807) is 0 Å². The highest BCUT2D eigenvalue weighted by atomic mass is 19.1. The van der Waals surface area contributed by atoms with Crippen LogP contribution < -0.4 is 16.8 Å². The molecule has 0 saturated carbocycles. The lowest BCUT2D eigenvalue weighted by atomic mass is 10.1. The predicted molar refractivity (Wildman–Crippen MR) is 79.3 cm³/mol. The van der Waals surface area contributed by atoms with Gasteiger partial charge in [-0.15, -0.1) is 0 Å². The van der Waals surface area contributed by atoms with Crippen LogP contribution in [-0.2, 0) is 0 Å². The molecule has 108 valence electrons. The van der Waals surface area contributed by atoms with Gasteiger partial charge in [0.05, 0.1) is 11.7 Å². The molecule has 0 saturated heterocycles. The van der Waals surface area contributed by atoms with Crippen LogP contribution in [0, 0.1) is 5.82 Å². The predicted octanol–water partition coefficient (Wildman–Crippen LogP) is 2.48. The Balaban J connectivity index is 1.92. The smallest absolute Gasteiger partial charge is 0.248 e. The third-order valence-electron chi connectivity index (χ3n) is 3.84. The van der Waals surface area contributed by atoms with Crippen molar-refractivity contribution in [3.05, 3.63) is 65.0 Å². The van der Waals surface area contributed by atoms with Crippen molar-refractivity contribution in [1.82, 2.24) is 0 Å². The lowest BCUT2D eigenvalue weighted by Gasteiger charge is -2.16. The highest BCUT2D eigenvalue weighted by molar-refractivity contribution is 5.93. The minimum Gasteiger partial charge on any atom is -0.376 e. The summed E-state index contributed by atoms with van der Waals surface area (Å²) in [5.74, 6) is -1.00. The zero-order valence-electron chi connectivity index (χ0n) is 11.3. The van der Waals surface area contributed by atoms with Crippen LogP contribution in [0.25, 0.3) is 0 Å². The number of fused-ring (bicyclic) bond motifs is 1. The van der Waals surface area contributed by atoms with Crippen molar-refractivity contribution in [2.75, 3.05) is 5.32 Å². The van der Waals surface area contributed by atoms with Gasteiger partial charge in [-0.25, -0.2) is 4.39 Å². The van der Waals surface area contributed by atoms with Crippen molar-refractivity contribution < 1.29 is 9.18 Å². The fraction of sp³-hybridized carbons (Fsp3) is 0.188. The molecular formula is C16H16FN3O.